The van der Waals surface area contributed by atoms with E-state index in [1.54, 1.807) is 11.3 Å². The van der Waals surface area contributed by atoms with Crippen molar-refractivity contribution < 1.29 is 0 Å². The van der Waals surface area contributed by atoms with Crippen LogP contribution in [0.25, 0.3) is 0 Å². The Bertz CT molecular complexity index is 287. The van der Waals surface area contributed by atoms with E-state index in [2.05, 4.69) is 6.07 Å². The average Bonchev–Trinajstić information content (AvgIpc) is 2.52. The summed E-state index contributed by atoms with van der Waals surface area (Å²) in [4.78, 5) is 1.05. The van der Waals surface area contributed by atoms with Crippen LogP contribution in [0, 0.1) is 11.3 Å². The van der Waals surface area contributed by atoms with E-state index in [4.69, 9.17) is 16.7 Å². The summed E-state index contributed by atoms with van der Waals surface area (Å²) in [6.07, 6.45) is 0.460. The van der Waals surface area contributed by atoms with Crippen LogP contribution >= 0.6 is 11.3 Å². The molecule has 0 fully saturated rings. The molecule has 1 aromatic heterocycles. The first-order valence-electron chi connectivity index (χ1n) is 3.68. The van der Waals surface area contributed by atoms with Gasteiger partial charge in [0.15, 0.2) is 0 Å². The first-order chi connectivity index (χ1) is 5.77. The van der Waals surface area contributed by atoms with Crippen molar-refractivity contribution in [1.82, 2.24) is 0 Å². The van der Waals surface area contributed by atoms with Crippen molar-refractivity contribution in [3.8, 4) is 6.07 Å². The lowest BCUT2D eigenvalue weighted by Gasteiger charge is -2.03. The zero-order chi connectivity index (χ0) is 8.97. The average molecular weight is 181 g/mol. The molecule has 0 aliphatic carbocycles. The summed E-state index contributed by atoms with van der Waals surface area (Å²) < 4.78 is 0. The molecule has 0 aliphatic rings. The number of nitrogens with zero attached hydrogens (tertiary/aromatic N) is 1. The Morgan fingerprint density at radius 3 is 3.00 bits per heavy atom. The third-order valence-electron chi connectivity index (χ3n) is 1.61. The van der Waals surface area contributed by atoms with E-state index in [-0.39, 0.29) is 6.04 Å². The minimum Gasteiger partial charge on any atom is -0.329 e. The minimum atomic E-state index is -0.0892. The number of thiophene rings is 1. The van der Waals surface area contributed by atoms with Crippen LogP contribution in [0.3, 0.4) is 0 Å². The lowest BCUT2D eigenvalue weighted by Crippen LogP contribution is -2.19. The Labute approximate surface area is 75.6 Å². The van der Waals surface area contributed by atoms with Crippen LogP contribution in [-0.4, -0.2) is 6.54 Å². The maximum Gasteiger partial charge on any atom is 0.0695 e. The number of hydrogen-bond donors (Lipinski definition) is 2. The zero-order valence-corrected chi connectivity index (χ0v) is 7.47. The number of nitrogens with two attached hydrogens (primary N) is 2. The molecule has 0 spiro atoms. The van der Waals surface area contributed by atoms with E-state index in [0.717, 1.165) is 10.4 Å². The molecular formula is C8H11N3S. The smallest absolute Gasteiger partial charge is 0.0695 e. The summed E-state index contributed by atoms with van der Waals surface area (Å²) in [6, 6.07) is 3.95. The molecule has 1 aromatic rings. The van der Waals surface area contributed by atoms with Crippen molar-refractivity contribution in [2.45, 2.75) is 12.5 Å². The minimum absolute atomic E-state index is 0.0892. The molecule has 1 rings (SSSR count). The van der Waals surface area contributed by atoms with E-state index < -0.39 is 0 Å². The highest BCUT2D eigenvalue weighted by atomic mass is 32.1. The number of rotatable bonds is 3. The van der Waals surface area contributed by atoms with Gasteiger partial charge in [0.2, 0.25) is 0 Å². The third kappa shape index (κ3) is 2.05. The molecule has 12 heavy (non-hydrogen) atoms. The molecule has 0 unspecified atom stereocenters. The van der Waals surface area contributed by atoms with Crippen LogP contribution in [-0.2, 0) is 6.42 Å². The van der Waals surface area contributed by atoms with Crippen molar-refractivity contribution >= 4 is 11.3 Å². The van der Waals surface area contributed by atoms with Gasteiger partial charge in [-0.3, -0.25) is 0 Å². The second kappa shape index (κ2) is 4.21. The van der Waals surface area contributed by atoms with E-state index in [1.165, 1.54) is 0 Å². The van der Waals surface area contributed by atoms with E-state index in [0.29, 0.717) is 13.0 Å². The molecule has 1 heterocycles. The Morgan fingerprint density at radius 2 is 2.42 bits per heavy atom. The predicted octanol–water partition coefficient (Wildman–Crippen LogP) is 0.773. The molecule has 0 aromatic carbocycles. The summed E-state index contributed by atoms with van der Waals surface area (Å²) >= 11 is 1.56. The molecular weight excluding hydrogens is 170 g/mol. The van der Waals surface area contributed by atoms with Crippen LogP contribution in [0.2, 0.25) is 0 Å². The fraction of sp³-hybridized carbons (Fsp3) is 0.375. The number of nitriles is 1. The van der Waals surface area contributed by atoms with Crippen molar-refractivity contribution in [2.75, 3.05) is 6.54 Å². The lowest BCUT2D eigenvalue weighted by atomic mass is 10.1. The molecule has 64 valence electrons. The Kier molecular flexibility index (Phi) is 3.23. The maximum atomic E-state index is 8.43. The second-order valence-electron chi connectivity index (χ2n) is 2.52. The van der Waals surface area contributed by atoms with Gasteiger partial charge in [-0.25, -0.2) is 0 Å². The molecule has 0 radical (unpaired) electrons. The van der Waals surface area contributed by atoms with E-state index in [1.807, 2.05) is 11.4 Å². The van der Waals surface area contributed by atoms with Crippen LogP contribution < -0.4 is 11.5 Å². The van der Waals surface area contributed by atoms with Gasteiger partial charge in [-0.2, -0.15) is 5.26 Å². The fourth-order valence-electron chi connectivity index (χ4n) is 0.899. The monoisotopic (exact) mass is 181 g/mol. The Morgan fingerprint density at radius 1 is 1.67 bits per heavy atom. The largest absolute Gasteiger partial charge is 0.329 e. The van der Waals surface area contributed by atoms with E-state index in [9.17, 15) is 0 Å². The molecule has 0 bridgehead atoms. The van der Waals surface area contributed by atoms with Gasteiger partial charge in [0.1, 0.15) is 0 Å². The summed E-state index contributed by atoms with van der Waals surface area (Å²) in [5.41, 5.74) is 12.1. The second-order valence-corrected chi connectivity index (χ2v) is 3.52. The normalized spacial score (nSPS) is 12.4. The quantitative estimate of drug-likeness (QED) is 0.723. The van der Waals surface area contributed by atoms with Crippen LogP contribution in [0.4, 0.5) is 0 Å². The first-order valence-corrected chi connectivity index (χ1v) is 4.55. The molecule has 3 nitrogen and oxygen atoms in total. The van der Waals surface area contributed by atoms with Gasteiger partial charge in [0, 0.05) is 17.5 Å². The van der Waals surface area contributed by atoms with Gasteiger partial charge < -0.3 is 11.5 Å². The standard InChI is InChI=1S/C8H11N3S/c9-2-1-7-3-6(5-12-7)8(11)4-10/h3,5,8H,1,4,10-11H2/t8-/m1/s1. The summed E-state index contributed by atoms with van der Waals surface area (Å²) in [6.45, 7) is 0.447. The van der Waals surface area contributed by atoms with Gasteiger partial charge in [-0.05, 0) is 17.0 Å². The zero-order valence-electron chi connectivity index (χ0n) is 6.66. The van der Waals surface area contributed by atoms with Crippen LogP contribution in [0.1, 0.15) is 16.5 Å². The number of hydrogen-bond acceptors (Lipinski definition) is 4. The van der Waals surface area contributed by atoms with Crippen molar-refractivity contribution in [2.24, 2.45) is 11.5 Å². The molecule has 4 N–H and O–H groups in total. The molecule has 1 atom stereocenters. The van der Waals surface area contributed by atoms with Gasteiger partial charge in [-0.1, -0.05) is 0 Å². The predicted molar refractivity (Wildman–Crippen MR) is 49.6 cm³/mol. The van der Waals surface area contributed by atoms with Crippen molar-refractivity contribution in [3.63, 3.8) is 0 Å². The molecule has 0 saturated heterocycles. The molecule has 0 amide bonds. The maximum absolute atomic E-state index is 8.43. The van der Waals surface area contributed by atoms with Gasteiger partial charge in [-0.15, -0.1) is 11.3 Å². The van der Waals surface area contributed by atoms with Crippen LogP contribution in [0.15, 0.2) is 11.4 Å². The van der Waals surface area contributed by atoms with Crippen molar-refractivity contribution in [3.05, 3.63) is 21.9 Å². The van der Waals surface area contributed by atoms with E-state index >= 15 is 0 Å². The molecule has 0 aliphatic heterocycles. The molecule has 4 heteroatoms. The summed E-state index contributed by atoms with van der Waals surface area (Å²) in [5, 5.41) is 10.4. The third-order valence-corrected chi connectivity index (χ3v) is 2.56. The fourth-order valence-corrected chi connectivity index (χ4v) is 1.78. The first kappa shape index (κ1) is 9.20. The highest BCUT2D eigenvalue weighted by molar-refractivity contribution is 7.10. The summed E-state index contributed by atoms with van der Waals surface area (Å²) in [7, 11) is 0. The Hall–Kier alpha value is -0.890. The van der Waals surface area contributed by atoms with Gasteiger partial charge in [0.05, 0.1) is 12.5 Å². The highest BCUT2D eigenvalue weighted by Crippen LogP contribution is 2.19. The summed E-state index contributed by atoms with van der Waals surface area (Å²) in [5.74, 6) is 0. The van der Waals surface area contributed by atoms with Gasteiger partial charge in [0.25, 0.3) is 0 Å². The molecule has 0 saturated carbocycles. The highest BCUT2D eigenvalue weighted by Gasteiger charge is 2.05. The lowest BCUT2D eigenvalue weighted by molar-refractivity contribution is 0.740. The van der Waals surface area contributed by atoms with Gasteiger partial charge >= 0.3 is 0 Å². The SMILES string of the molecule is N#CCc1cc([C@H](N)CN)cs1. The topological polar surface area (TPSA) is 75.8 Å². The Balaban J connectivity index is 2.71. The van der Waals surface area contributed by atoms with Crippen LogP contribution in [0.5, 0.6) is 0 Å². The van der Waals surface area contributed by atoms with Crippen molar-refractivity contribution in [1.29, 1.82) is 5.26 Å².